The molecule has 1 aromatic heterocycles. The molecule has 1 saturated carbocycles. The van der Waals surface area contributed by atoms with Gasteiger partial charge in [-0.15, -0.1) is 0 Å². The molecule has 0 bridgehead atoms. The lowest BCUT2D eigenvalue weighted by Crippen LogP contribution is -2.43. The minimum Gasteiger partial charge on any atom is -0.324 e. The van der Waals surface area contributed by atoms with Crippen molar-refractivity contribution in [3.63, 3.8) is 0 Å². The number of nitrogens with zero attached hydrogens (tertiary/aromatic N) is 3. The van der Waals surface area contributed by atoms with Gasteiger partial charge >= 0.3 is 0 Å². The number of nitrogens with one attached hydrogen (secondary N) is 1. The molecule has 2 fully saturated rings. The van der Waals surface area contributed by atoms with Crippen molar-refractivity contribution in [3.05, 3.63) is 29.8 Å². The Bertz CT molecular complexity index is 626. The quantitative estimate of drug-likeness (QED) is 0.928. The fourth-order valence-corrected chi connectivity index (χ4v) is 3.04. The van der Waals surface area contributed by atoms with E-state index >= 15 is 0 Å². The van der Waals surface area contributed by atoms with Crippen molar-refractivity contribution in [1.29, 1.82) is 0 Å². The van der Waals surface area contributed by atoms with Gasteiger partial charge in [-0.05, 0) is 31.0 Å². The zero-order chi connectivity index (χ0) is 13.5. The van der Waals surface area contributed by atoms with Crippen LogP contribution in [0.15, 0.2) is 18.2 Å². The van der Waals surface area contributed by atoms with E-state index in [2.05, 4.69) is 14.8 Å². The van der Waals surface area contributed by atoms with Crippen LogP contribution >= 0.6 is 0 Å². The molecule has 0 spiro atoms. The monoisotopic (exact) mass is 274 g/mol. The Labute approximate surface area is 117 Å². The molecule has 106 valence electrons. The summed E-state index contributed by atoms with van der Waals surface area (Å²) in [5, 5.41) is 3.37. The summed E-state index contributed by atoms with van der Waals surface area (Å²) in [6, 6.07) is 5.45. The third-order valence-corrected chi connectivity index (χ3v) is 4.21. The molecule has 1 saturated heterocycles. The summed E-state index contributed by atoms with van der Waals surface area (Å²) < 4.78 is 15.8. The fraction of sp³-hybridized carbons (Fsp3) is 0.533. The third kappa shape index (κ3) is 2.21. The highest BCUT2D eigenvalue weighted by Crippen LogP contribution is 2.39. The van der Waals surface area contributed by atoms with Crippen molar-refractivity contribution in [2.45, 2.75) is 25.4 Å². The number of piperazine rings is 1. The average molecular weight is 274 g/mol. The molecule has 1 aliphatic carbocycles. The lowest BCUT2D eigenvalue weighted by Gasteiger charge is -2.27. The van der Waals surface area contributed by atoms with Gasteiger partial charge in [-0.3, -0.25) is 4.90 Å². The maximum absolute atomic E-state index is 13.5. The molecule has 0 unspecified atom stereocenters. The molecule has 1 aromatic carbocycles. The number of rotatable bonds is 3. The van der Waals surface area contributed by atoms with Gasteiger partial charge in [0.2, 0.25) is 0 Å². The smallest absolute Gasteiger partial charge is 0.125 e. The highest BCUT2D eigenvalue weighted by molar-refractivity contribution is 5.76. The van der Waals surface area contributed by atoms with E-state index in [-0.39, 0.29) is 5.82 Å². The first-order chi connectivity index (χ1) is 9.81. The molecule has 4 rings (SSSR count). The number of imidazole rings is 1. The summed E-state index contributed by atoms with van der Waals surface area (Å²) in [5.41, 5.74) is 1.88. The number of halogens is 1. The zero-order valence-corrected chi connectivity index (χ0v) is 11.5. The van der Waals surface area contributed by atoms with Crippen LogP contribution in [0.3, 0.4) is 0 Å². The Morgan fingerprint density at radius 1 is 1.25 bits per heavy atom. The van der Waals surface area contributed by atoms with E-state index < -0.39 is 0 Å². The molecular formula is C15H19FN4. The Hall–Kier alpha value is -1.46. The Balaban J connectivity index is 1.72. The van der Waals surface area contributed by atoms with Gasteiger partial charge in [-0.2, -0.15) is 0 Å². The Kier molecular flexibility index (Phi) is 2.97. The van der Waals surface area contributed by atoms with Gasteiger partial charge in [0, 0.05) is 32.2 Å². The number of hydrogen-bond donors (Lipinski definition) is 1. The van der Waals surface area contributed by atoms with Crippen LogP contribution in [0, 0.1) is 5.82 Å². The SMILES string of the molecule is Fc1ccc2nc(CN3CCNCC3)n(C3CC3)c2c1. The van der Waals surface area contributed by atoms with Crippen LogP contribution in [0.25, 0.3) is 11.0 Å². The minimum absolute atomic E-state index is 0.173. The lowest BCUT2D eigenvalue weighted by atomic mass is 10.3. The van der Waals surface area contributed by atoms with Crippen LogP contribution < -0.4 is 5.32 Å². The van der Waals surface area contributed by atoms with Crippen molar-refractivity contribution in [1.82, 2.24) is 19.8 Å². The summed E-state index contributed by atoms with van der Waals surface area (Å²) in [6.07, 6.45) is 2.38. The van der Waals surface area contributed by atoms with Gasteiger partial charge in [0.1, 0.15) is 11.6 Å². The van der Waals surface area contributed by atoms with Crippen LogP contribution in [-0.2, 0) is 6.54 Å². The molecule has 2 aromatic rings. The van der Waals surface area contributed by atoms with E-state index in [1.165, 1.54) is 18.9 Å². The van der Waals surface area contributed by atoms with Gasteiger partial charge in [0.25, 0.3) is 0 Å². The second-order valence-electron chi connectivity index (χ2n) is 5.79. The van der Waals surface area contributed by atoms with Crippen LogP contribution in [0.2, 0.25) is 0 Å². The van der Waals surface area contributed by atoms with E-state index in [1.807, 2.05) is 0 Å². The second kappa shape index (κ2) is 4.82. The standard InChI is InChI=1S/C15H19FN4/c16-11-1-4-13-14(9-11)20(12-2-3-12)15(18-13)10-19-7-5-17-6-8-19/h1,4,9,12,17H,2-3,5-8,10H2. The molecule has 2 heterocycles. The summed E-state index contributed by atoms with van der Waals surface area (Å²) in [6.45, 7) is 5.06. The van der Waals surface area contributed by atoms with Crippen molar-refractivity contribution >= 4 is 11.0 Å². The fourth-order valence-electron chi connectivity index (χ4n) is 3.04. The van der Waals surface area contributed by atoms with Crippen molar-refractivity contribution in [2.24, 2.45) is 0 Å². The van der Waals surface area contributed by atoms with Gasteiger partial charge in [-0.25, -0.2) is 9.37 Å². The maximum atomic E-state index is 13.5. The topological polar surface area (TPSA) is 33.1 Å². The number of aromatic nitrogens is 2. The maximum Gasteiger partial charge on any atom is 0.125 e. The molecule has 0 atom stereocenters. The van der Waals surface area contributed by atoms with Gasteiger partial charge < -0.3 is 9.88 Å². The molecular weight excluding hydrogens is 255 g/mol. The van der Waals surface area contributed by atoms with Crippen LogP contribution in [0.4, 0.5) is 4.39 Å². The summed E-state index contributed by atoms with van der Waals surface area (Å²) in [7, 11) is 0. The highest BCUT2D eigenvalue weighted by Gasteiger charge is 2.29. The molecule has 1 N–H and O–H groups in total. The Morgan fingerprint density at radius 3 is 2.80 bits per heavy atom. The third-order valence-electron chi connectivity index (χ3n) is 4.21. The minimum atomic E-state index is -0.173. The lowest BCUT2D eigenvalue weighted by molar-refractivity contribution is 0.225. The predicted octanol–water partition coefficient (Wildman–Crippen LogP) is 1.92. The largest absolute Gasteiger partial charge is 0.324 e. The number of fused-ring (bicyclic) bond motifs is 1. The van der Waals surface area contributed by atoms with E-state index in [0.717, 1.165) is 49.6 Å². The normalized spacial score (nSPS) is 20.6. The number of hydrogen-bond acceptors (Lipinski definition) is 3. The molecule has 2 aliphatic rings. The van der Waals surface area contributed by atoms with E-state index in [4.69, 9.17) is 4.98 Å². The zero-order valence-electron chi connectivity index (χ0n) is 11.5. The molecule has 4 nitrogen and oxygen atoms in total. The van der Waals surface area contributed by atoms with Crippen molar-refractivity contribution < 1.29 is 4.39 Å². The summed E-state index contributed by atoms with van der Waals surface area (Å²) in [5.74, 6) is 0.919. The van der Waals surface area contributed by atoms with Gasteiger partial charge in [0.05, 0.1) is 17.6 Å². The first-order valence-electron chi connectivity index (χ1n) is 7.41. The van der Waals surface area contributed by atoms with Crippen LogP contribution in [0.5, 0.6) is 0 Å². The van der Waals surface area contributed by atoms with Gasteiger partial charge in [0.15, 0.2) is 0 Å². The van der Waals surface area contributed by atoms with Crippen LogP contribution in [0.1, 0.15) is 24.7 Å². The summed E-state index contributed by atoms with van der Waals surface area (Å²) >= 11 is 0. The Morgan fingerprint density at radius 2 is 2.05 bits per heavy atom. The first kappa shape index (κ1) is 12.3. The summed E-state index contributed by atoms with van der Waals surface area (Å²) in [4.78, 5) is 7.17. The van der Waals surface area contributed by atoms with E-state index in [0.29, 0.717) is 6.04 Å². The number of benzene rings is 1. The van der Waals surface area contributed by atoms with Gasteiger partial charge in [-0.1, -0.05) is 0 Å². The molecule has 0 radical (unpaired) electrons. The van der Waals surface area contributed by atoms with Crippen LogP contribution in [-0.4, -0.2) is 40.6 Å². The van der Waals surface area contributed by atoms with Crippen molar-refractivity contribution in [2.75, 3.05) is 26.2 Å². The molecule has 0 amide bonds. The average Bonchev–Trinajstić information content (AvgIpc) is 3.23. The first-order valence-corrected chi connectivity index (χ1v) is 7.41. The predicted molar refractivity (Wildman–Crippen MR) is 76.1 cm³/mol. The van der Waals surface area contributed by atoms with E-state index in [1.54, 1.807) is 12.1 Å². The van der Waals surface area contributed by atoms with E-state index in [9.17, 15) is 4.39 Å². The molecule has 20 heavy (non-hydrogen) atoms. The molecule has 1 aliphatic heterocycles. The molecule has 5 heteroatoms. The second-order valence-corrected chi connectivity index (χ2v) is 5.79. The van der Waals surface area contributed by atoms with Crippen molar-refractivity contribution in [3.8, 4) is 0 Å². The highest BCUT2D eigenvalue weighted by atomic mass is 19.1.